The summed E-state index contributed by atoms with van der Waals surface area (Å²) in [6, 6.07) is 4.63. The highest BCUT2D eigenvalue weighted by atomic mass is 35.5. The Labute approximate surface area is 278 Å². The van der Waals surface area contributed by atoms with Crippen LogP contribution in [0, 0.1) is 23.0 Å². The number of nitrogens with zero attached hydrogens (tertiary/aromatic N) is 5. The summed E-state index contributed by atoms with van der Waals surface area (Å²) in [5, 5.41) is 13.7. The van der Waals surface area contributed by atoms with Crippen LogP contribution in [-0.4, -0.2) is 78.6 Å². The van der Waals surface area contributed by atoms with E-state index in [0.717, 1.165) is 43.6 Å². The predicted molar refractivity (Wildman–Crippen MR) is 176 cm³/mol. The molecule has 2 aromatic carbocycles. The Morgan fingerprint density at radius 1 is 1.23 bits per heavy atom. The average Bonchev–Trinajstić information content (AvgIpc) is 3.45. The van der Waals surface area contributed by atoms with Gasteiger partial charge in [0.1, 0.15) is 41.0 Å². The quantitative estimate of drug-likeness (QED) is 0.235. The van der Waals surface area contributed by atoms with E-state index in [-0.39, 0.29) is 66.2 Å². The third kappa shape index (κ3) is 4.70. The first-order valence-electron chi connectivity index (χ1n) is 15.9. The molecular formula is C33H33ClF3N7O2S. The summed E-state index contributed by atoms with van der Waals surface area (Å²) in [7, 11) is 1.87. The van der Waals surface area contributed by atoms with Crippen molar-refractivity contribution >= 4 is 54.7 Å². The topological polar surface area (TPSA) is 113 Å². The maximum absolute atomic E-state index is 17.2. The minimum absolute atomic E-state index is 0.0262. The second kappa shape index (κ2) is 11.3. The van der Waals surface area contributed by atoms with Crippen molar-refractivity contribution in [3.8, 4) is 29.0 Å². The Balaban J connectivity index is 1.36. The predicted octanol–water partition coefficient (Wildman–Crippen LogP) is 6.19. The summed E-state index contributed by atoms with van der Waals surface area (Å²) < 4.78 is 59.6. The number of benzene rings is 2. The number of halogens is 4. The Morgan fingerprint density at radius 2 is 2.06 bits per heavy atom. The van der Waals surface area contributed by atoms with Crippen LogP contribution in [-0.2, 0) is 0 Å². The van der Waals surface area contributed by atoms with Crippen LogP contribution in [0.25, 0.3) is 32.1 Å². The first-order valence-corrected chi connectivity index (χ1v) is 17.1. The first kappa shape index (κ1) is 30.7. The molecule has 1 saturated carbocycles. The van der Waals surface area contributed by atoms with E-state index < -0.39 is 23.3 Å². The van der Waals surface area contributed by atoms with Crippen LogP contribution in [0.5, 0.6) is 11.8 Å². The molecule has 4 aliphatic rings. The maximum Gasteiger partial charge on any atom is 0.319 e. The summed E-state index contributed by atoms with van der Waals surface area (Å²) in [5.41, 5.74) is 5.52. The smallest absolute Gasteiger partial charge is 0.319 e. The Bertz CT molecular complexity index is 1980. The molecule has 4 aromatic rings. The van der Waals surface area contributed by atoms with Crippen LogP contribution in [0.1, 0.15) is 44.1 Å². The van der Waals surface area contributed by atoms with E-state index >= 15 is 4.39 Å². The van der Waals surface area contributed by atoms with Crippen molar-refractivity contribution in [1.82, 2.24) is 20.2 Å². The molecule has 47 heavy (non-hydrogen) atoms. The van der Waals surface area contributed by atoms with Crippen molar-refractivity contribution in [1.29, 1.82) is 5.26 Å². The van der Waals surface area contributed by atoms with Gasteiger partial charge in [-0.05, 0) is 50.9 Å². The number of rotatable bonds is 7. The lowest BCUT2D eigenvalue weighted by Crippen LogP contribution is -2.44. The number of nitrogens with two attached hydrogens (primary N) is 1. The fourth-order valence-corrected chi connectivity index (χ4v) is 9.24. The zero-order chi connectivity index (χ0) is 32.7. The first-order chi connectivity index (χ1) is 22.7. The maximum atomic E-state index is 17.2. The molecule has 3 N–H and O–H groups in total. The number of aromatic nitrogens is 2. The Kier molecular flexibility index (Phi) is 7.36. The zero-order valence-corrected chi connectivity index (χ0v) is 27.3. The number of likely N-dealkylation sites (N-methyl/N-ethyl adjacent to an activating group) is 1. The fourth-order valence-electron chi connectivity index (χ4n) is 7.96. The summed E-state index contributed by atoms with van der Waals surface area (Å²) in [6.07, 6.45) is 3.71. The van der Waals surface area contributed by atoms with Gasteiger partial charge in [0, 0.05) is 49.0 Å². The number of nitrogen functional groups attached to an aromatic ring is 1. The van der Waals surface area contributed by atoms with Gasteiger partial charge in [0.2, 0.25) is 0 Å². The monoisotopic (exact) mass is 683 g/mol. The highest BCUT2D eigenvalue weighted by molar-refractivity contribution is 7.23. The lowest BCUT2D eigenvalue weighted by atomic mass is 9.95. The summed E-state index contributed by atoms with van der Waals surface area (Å²) in [4.78, 5) is 13.9. The highest BCUT2D eigenvalue weighted by Gasteiger charge is 2.51. The van der Waals surface area contributed by atoms with Gasteiger partial charge in [-0.2, -0.15) is 15.2 Å². The highest BCUT2D eigenvalue weighted by Crippen LogP contribution is 2.54. The number of anilines is 2. The number of nitriles is 1. The van der Waals surface area contributed by atoms with Gasteiger partial charge in [-0.1, -0.05) is 17.7 Å². The number of thiophene rings is 1. The number of hydrogen-bond acceptors (Lipinski definition) is 10. The van der Waals surface area contributed by atoms with Crippen molar-refractivity contribution < 1.29 is 22.6 Å². The fraction of sp³-hybridized carbons (Fsp3) is 0.485. The second-order valence-corrected chi connectivity index (χ2v) is 14.5. The molecule has 2 atom stereocenters. The second-order valence-electron chi connectivity index (χ2n) is 13.1. The lowest BCUT2D eigenvalue weighted by molar-refractivity contribution is 0.107. The average molecular weight is 684 g/mol. The van der Waals surface area contributed by atoms with Crippen LogP contribution in [0.4, 0.5) is 24.0 Å². The molecule has 3 aliphatic heterocycles. The van der Waals surface area contributed by atoms with Gasteiger partial charge < -0.3 is 25.4 Å². The number of alkyl halides is 1. The molecule has 3 fully saturated rings. The van der Waals surface area contributed by atoms with E-state index in [9.17, 15) is 14.0 Å². The molecule has 2 aromatic heterocycles. The molecule has 1 spiro atoms. The van der Waals surface area contributed by atoms with Crippen molar-refractivity contribution in [3.63, 3.8) is 0 Å². The zero-order valence-electron chi connectivity index (χ0n) is 25.8. The van der Waals surface area contributed by atoms with Crippen LogP contribution < -0.4 is 25.4 Å². The van der Waals surface area contributed by atoms with Crippen molar-refractivity contribution in [2.75, 3.05) is 57.1 Å². The Hall–Kier alpha value is -3.57. The molecule has 14 heteroatoms. The molecule has 1 aliphatic carbocycles. The van der Waals surface area contributed by atoms with E-state index in [1.165, 1.54) is 12.1 Å². The molecule has 5 heterocycles. The molecule has 246 valence electrons. The standard InChI is InChI=1S/C33H33ClF3N7O2S/c1-40-9-11-44-30-23-26(41-31(42-30)46-16-33-5-2-10-43(33)15-17(35)13-33)25(37)22(24(34)27(23)45-12-8-32(44)6-7-32)18-3-4-20(36)28-21(18)19(14-38)29(39)47-28/h3-4,17,40H,2,5-13,15-16,39H2,1H3/t17-,33+/m1/s1. The van der Waals surface area contributed by atoms with E-state index in [2.05, 4.69) is 20.1 Å². The van der Waals surface area contributed by atoms with E-state index in [4.69, 9.17) is 31.8 Å². The number of ether oxygens (including phenoxy) is 2. The molecule has 0 radical (unpaired) electrons. The third-order valence-corrected chi connectivity index (χ3v) is 11.8. The van der Waals surface area contributed by atoms with E-state index in [1.807, 2.05) is 13.1 Å². The van der Waals surface area contributed by atoms with Gasteiger partial charge in [-0.15, -0.1) is 11.3 Å². The molecular weight excluding hydrogens is 651 g/mol. The molecule has 9 nitrogen and oxygen atoms in total. The van der Waals surface area contributed by atoms with E-state index in [0.29, 0.717) is 50.3 Å². The van der Waals surface area contributed by atoms with Crippen LogP contribution in [0.3, 0.4) is 0 Å². The minimum Gasteiger partial charge on any atom is -0.491 e. The number of nitrogens with one attached hydrogen (secondary N) is 1. The van der Waals surface area contributed by atoms with E-state index in [1.54, 1.807) is 0 Å². The molecule has 8 rings (SSSR count). The number of hydrogen-bond donors (Lipinski definition) is 2. The van der Waals surface area contributed by atoms with Crippen LogP contribution >= 0.6 is 22.9 Å². The third-order valence-electron chi connectivity index (χ3n) is 10.4. The molecule has 0 amide bonds. The van der Waals surface area contributed by atoms with Crippen LogP contribution in [0.15, 0.2) is 12.1 Å². The normalized spacial score (nSPS) is 23.1. The minimum atomic E-state index is -0.935. The SMILES string of the molecule is CNCCN1c2nc(OC[C@@]34CCCN3C[C@H](F)C4)nc3c(F)c(-c4ccc(F)c5sc(N)c(C#N)c45)c(Cl)c(c23)OCCC12CC2. The summed E-state index contributed by atoms with van der Waals surface area (Å²) in [5.74, 6) is -0.697. The summed E-state index contributed by atoms with van der Waals surface area (Å²) in [6.45, 7) is 2.90. The summed E-state index contributed by atoms with van der Waals surface area (Å²) >= 11 is 7.99. The largest absolute Gasteiger partial charge is 0.491 e. The molecule has 0 bridgehead atoms. The van der Waals surface area contributed by atoms with Gasteiger partial charge in [-0.25, -0.2) is 13.2 Å². The van der Waals surface area contributed by atoms with Gasteiger partial charge in [-0.3, -0.25) is 4.90 Å². The molecule has 0 unspecified atom stereocenters. The van der Waals surface area contributed by atoms with Gasteiger partial charge in [0.25, 0.3) is 0 Å². The number of fused-ring (bicyclic) bond motifs is 2. The Morgan fingerprint density at radius 3 is 2.83 bits per heavy atom. The van der Waals surface area contributed by atoms with Crippen LogP contribution in [0.2, 0.25) is 5.02 Å². The molecule has 2 saturated heterocycles. The van der Waals surface area contributed by atoms with Crippen molar-refractivity contribution in [3.05, 3.63) is 34.4 Å². The van der Waals surface area contributed by atoms with Gasteiger partial charge >= 0.3 is 6.01 Å². The van der Waals surface area contributed by atoms with Crippen molar-refractivity contribution in [2.45, 2.75) is 55.8 Å². The lowest BCUT2D eigenvalue weighted by Gasteiger charge is -2.36. The van der Waals surface area contributed by atoms with Crippen molar-refractivity contribution in [2.24, 2.45) is 0 Å². The van der Waals surface area contributed by atoms with Gasteiger partial charge in [0.15, 0.2) is 11.6 Å². The van der Waals surface area contributed by atoms with Gasteiger partial charge in [0.05, 0.1) is 32.8 Å².